The summed E-state index contributed by atoms with van der Waals surface area (Å²) in [4.78, 5) is 24.9. The van der Waals surface area contributed by atoms with Crippen molar-refractivity contribution in [2.75, 3.05) is 5.32 Å². The molecule has 8 nitrogen and oxygen atoms in total. The van der Waals surface area contributed by atoms with Crippen LogP contribution in [0, 0.1) is 17.0 Å². The van der Waals surface area contributed by atoms with E-state index in [1.165, 1.54) is 17.0 Å². The second kappa shape index (κ2) is 5.00. The Morgan fingerprint density at radius 1 is 1.50 bits per heavy atom. The van der Waals surface area contributed by atoms with Crippen LogP contribution < -0.4 is 5.32 Å². The first-order valence-corrected chi connectivity index (χ1v) is 5.67. The second-order valence-corrected chi connectivity index (χ2v) is 4.24. The van der Waals surface area contributed by atoms with Gasteiger partial charge < -0.3 is 20.5 Å². The minimum atomic E-state index is -1.01. The highest BCUT2D eigenvalue weighted by molar-refractivity contribution is 5.90. The summed E-state index contributed by atoms with van der Waals surface area (Å²) in [6.07, 6.45) is 1.33. The zero-order valence-corrected chi connectivity index (χ0v) is 10.8. The Kier molecular flexibility index (Phi) is 3.38. The van der Waals surface area contributed by atoms with E-state index in [0.29, 0.717) is 11.3 Å². The van der Waals surface area contributed by atoms with Gasteiger partial charge in [0.05, 0.1) is 5.56 Å². The fourth-order valence-electron chi connectivity index (χ4n) is 1.81. The Hall–Kier alpha value is -2.90. The number of anilines is 2. The molecule has 0 aliphatic rings. The van der Waals surface area contributed by atoms with Gasteiger partial charge in [-0.25, -0.2) is 4.79 Å². The summed E-state index contributed by atoms with van der Waals surface area (Å²) in [6, 6.07) is 4.61. The van der Waals surface area contributed by atoms with Gasteiger partial charge in [-0.3, -0.25) is 4.57 Å². The first-order chi connectivity index (χ1) is 9.40. The number of hydrogen-bond acceptors (Lipinski definition) is 5. The number of nitrogens with one attached hydrogen (secondary N) is 1. The van der Waals surface area contributed by atoms with Crippen molar-refractivity contribution in [3.05, 3.63) is 45.8 Å². The molecule has 104 valence electrons. The molecule has 0 bridgehead atoms. The van der Waals surface area contributed by atoms with Crippen molar-refractivity contribution in [2.45, 2.75) is 6.92 Å². The lowest BCUT2D eigenvalue weighted by Crippen LogP contribution is -2.03. The molecule has 1 heterocycles. The first-order valence-electron chi connectivity index (χ1n) is 5.67. The number of aromatic nitrogens is 2. The third kappa shape index (κ3) is 2.44. The number of nitro groups is 1. The van der Waals surface area contributed by atoms with Crippen molar-refractivity contribution < 1.29 is 14.8 Å². The summed E-state index contributed by atoms with van der Waals surface area (Å²) in [5.74, 6) is -1.06. The van der Waals surface area contributed by atoms with E-state index in [2.05, 4.69) is 10.3 Å². The average molecular weight is 276 g/mol. The number of aryl methyl sites for hydroxylation is 2. The molecule has 0 aliphatic heterocycles. The number of carboxylic acid groups (broad SMARTS) is 1. The lowest BCUT2D eigenvalue weighted by atomic mass is 10.1. The zero-order valence-electron chi connectivity index (χ0n) is 10.8. The smallest absolute Gasteiger partial charge is 0.406 e. The Morgan fingerprint density at radius 3 is 2.75 bits per heavy atom. The maximum Gasteiger partial charge on any atom is 0.406 e. The summed E-state index contributed by atoms with van der Waals surface area (Å²) in [5, 5.41) is 22.7. The molecule has 0 spiro atoms. The van der Waals surface area contributed by atoms with Gasteiger partial charge in [0.2, 0.25) is 12.1 Å². The molecule has 8 heteroatoms. The van der Waals surface area contributed by atoms with Gasteiger partial charge in [-0.15, -0.1) is 0 Å². The molecule has 0 saturated carbocycles. The van der Waals surface area contributed by atoms with E-state index in [-0.39, 0.29) is 17.2 Å². The lowest BCUT2D eigenvalue weighted by molar-refractivity contribution is -0.388. The Labute approximate surface area is 113 Å². The van der Waals surface area contributed by atoms with Crippen LogP contribution in [0.15, 0.2) is 24.5 Å². The number of carboxylic acids is 1. The topological polar surface area (TPSA) is 110 Å². The predicted octanol–water partition coefficient (Wildman–Crippen LogP) is 2.08. The highest BCUT2D eigenvalue weighted by atomic mass is 16.6. The zero-order chi connectivity index (χ0) is 14.9. The van der Waals surface area contributed by atoms with E-state index in [9.17, 15) is 14.9 Å². The molecule has 20 heavy (non-hydrogen) atoms. The monoisotopic (exact) mass is 276 g/mol. The molecule has 0 saturated heterocycles. The lowest BCUT2D eigenvalue weighted by Gasteiger charge is -2.08. The molecule has 0 atom stereocenters. The molecule has 1 aromatic heterocycles. The van der Waals surface area contributed by atoms with Crippen molar-refractivity contribution in [1.82, 2.24) is 9.55 Å². The van der Waals surface area contributed by atoms with E-state index in [1.54, 1.807) is 26.1 Å². The molecular formula is C12H12N4O4. The van der Waals surface area contributed by atoms with Crippen LogP contribution in [0.4, 0.5) is 17.3 Å². The van der Waals surface area contributed by atoms with Gasteiger partial charge in [0.15, 0.2) is 0 Å². The van der Waals surface area contributed by atoms with E-state index in [0.717, 1.165) is 0 Å². The maximum atomic E-state index is 10.9. The van der Waals surface area contributed by atoms with Gasteiger partial charge in [-0.1, -0.05) is 0 Å². The van der Waals surface area contributed by atoms with Gasteiger partial charge in [0.25, 0.3) is 0 Å². The molecule has 2 rings (SSSR count). The first kappa shape index (κ1) is 13.5. The maximum absolute atomic E-state index is 10.9. The van der Waals surface area contributed by atoms with Crippen LogP contribution in [-0.4, -0.2) is 25.6 Å². The van der Waals surface area contributed by atoms with E-state index < -0.39 is 10.9 Å². The van der Waals surface area contributed by atoms with Crippen molar-refractivity contribution in [3.8, 4) is 0 Å². The quantitative estimate of drug-likeness (QED) is 0.653. The van der Waals surface area contributed by atoms with Crippen molar-refractivity contribution in [3.63, 3.8) is 0 Å². The fourth-order valence-corrected chi connectivity index (χ4v) is 1.81. The van der Waals surface area contributed by atoms with E-state index in [4.69, 9.17) is 5.11 Å². The molecule has 2 aromatic rings. The summed E-state index contributed by atoms with van der Waals surface area (Å²) in [6.45, 7) is 1.66. The molecule has 0 fully saturated rings. The minimum absolute atomic E-state index is 0.190. The second-order valence-electron chi connectivity index (χ2n) is 4.24. The Morgan fingerprint density at radius 2 is 2.20 bits per heavy atom. The minimum Gasteiger partial charge on any atom is -0.478 e. The number of nitrogens with zero attached hydrogens (tertiary/aromatic N) is 3. The van der Waals surface area contributed by atoms with Crippen LogP contribution in [0.5, 0.6) is 0 Å². The Balaban J connectivity index is 2.36. The highest BCUT2D eigenvalue weighted by Gasteiger charge is 2.20. The van der Waals surface area contributed by atoms with Crippen molar-refractivity contribution in [1.29, 1.82) is 0 Å². The molecule has 1 aromatic carbocycles. The molecule has 0 radical (unpaired) electrons. The number of benzene rings is 1. The molecular weight excluding hydrogens is 264 g/mol. The van der Waals surface area contributed by atoms with Gasteiger partial charge in [-0.05, 0) is 40.6 Å². The number of imidazole rings is 1. The summed E-state index contributed by atoms with van der Waals surface area (Å²) in [7, 11) is 1.63. The fraction of sp³-hybridized carbons (Fsp3) is 0.167. The van der Waals surface area contributed by atoms with E-state index >= 15 is 0 Å². The van der Waals surface area contributed by atoms with Crippen LogP contribution in [0.1, 0.15) is 15.9 Å². The van der Waals surface area contributed by atoms with Crippen LogP contribution >= 0.6 is 0 Å². The normalized spacial score (nSPS) is 10.3. The largest absolute Gasteiger partial charge is 0.478 e. The number of aromatic carboxylic acids is 1. The summed E-state index contributed by atoms with van der Waals surface area (Å²) < 4.78 is 1.48. The molecule has 2 N–H and O–H groups in total. The molecule has 0 aliphatic carbocycles. The molecule has 0 amide bonds. The average Bonchev–Trinajstić information content (AvgIpc) is 2.71. The Bertz CT molecular complexity index is 693. The summed E-state index contributed by atoms with van der Waals surface area (Å²) in [5.41, 5.74) is 1.31. The van der Waals surface area contributed by atoms with Crippen LogP contribution in [0.3, 0.4) is 0 Å². The van der Waals surface area contributed by atoms with Gasteiger partial charge in [0.1, 0.15) is 0 Å². The van der Waals surface area contributed by atoms with Gasteiger partial charge in [0, 0.05) is 12.7 Å². The number of rotatable bonds is 4. The van der Waals surface area contributed by atoms with Gasteiger partial charge >= 0.3 is 11.8 Å². The summed E-state index contributed by atoms with van der Waals surface area (Å²) >= 11 is 0. The number of carbonyl (C=O) groups is 1. The predicted molar refractivity (Wildman–Crippen MR) is 71.3 cm³/mol. The highest BCUT2D eigenvalue weighted by Crippen LogP contribution is 2.26. The number of hydrogen-bond donors (Lipinski definition) is 2. The standard InChI is InChI=1S/C12H12N4O4/c1-7-5-8(3-4-9(7)12(17)18)14-11-10(16(19)20)13-6-15(11)2/h3-6,14H,1-2H3,(H,17,18). The van der Waals surface area contributed by atoms with Crippen molar-refractivity contribution in [2.24, 2.45) is 7.05 Å². The van der Waals surface area contributed by atoms with Crippen molar-refractivity contribution >= 4 is 23.3 Å². The van der Waals surface area contributed by atoms with Crippen LogP contribution in [0.2, 0.25) is 0 Å². The molecule has 0 unspecified atom stereocenters. The third-order valence-corrected chi connectivity index (χ3v) is 2.81. The SMILES string of the molecule is Cc1cc(Nc2c([N+](=O)[O-])ncn2C)ccc1C(=O)O. The van der Waals surface area contributed by atoms with Crippen LogP contribution in [-0.2, 0) is 7.05 Å². The third-order valence-electron chi connectivity index (χ3n) is 2.81. The van der Waals surface area contributed by atoms with Crippen LogP contribution in [0.25, 0.3) is 0 Å². The van der Waals surface area contributed by atoms with Gasteiger partial charge in [-0.2, -0.15) is 0 Å². The van der Waals surface area contributed by atoms with E-state index in [1.807, 2.05) is 0 Å².